The highest BCUT2D eigenvalue weighted by molar-refractivity contribution is 5.68. The Morgan fingerprint density at radius 1 is 1.42 bits per heavy atom. The number of nitrogens with one attached hydrogen (secondary N) is 1. The van der Waals surface area contributed by atoms with E-state index in [4.69, 9.17) is 10.00 Å². The van der Waals surface area contributed by atoms with E-state index in [0.29, 0.717) is 5.56 Å². The van der Waals surface area contributed by atoms with E-state index >= 15 is 0 Å². The lowest BCUT2D eigenvalue weighted by Gasteiger charge is -2.22. The smallest absolute Gasteiger partial charge is 0.408 e. The van der Waals surface area contributed by atoms with E-state index in [1.54, 1.807) is 6.07 Å². The molecule has 102 valence electrons. The maximum atomic E-state index is 11.7. The van der Waals surface area contributed by atoms with Crippen molar-refractivity contribution in [3.63, 3.8) is 0 Å². The number of aryl methyl sites for hydroxylation is 1. The van der Waals surface area contributed by atoms with Gasteiger partial charge in [-0.25, -0.2) is 4.79 Å². The van der Waals surface area contributed by atoms with E-state index in [1.165, 1.54) is 0 Å². The van der Waals surface area contributed by atoms with E-state index in [2.05, 4.69) is 11.4 Å². The van der Waals surface area contributed by atoms with Crippen LogP contribution in [0.15, 0.2) is 18.2 Å². The van der Waals surface area contributed by atoms with Gasteiger partial charge in [-0.1, -0.05) is 12.1 Å². The number of carbonyl (C=O) groups excluding carboxylic acids is 1. The predicted molar refractivity (Wildman–Crippen MR) is 73.7 cm³/mol. The number of ether oxygens (including phenoxy) is 1. The summed E-state index contributed by atoms with van der Waals surface area (Å²) in [6, 6.07) is 7.46. The summed E-state index contributed by atoms with van der Waals surface area (Å²) in [6.07, 6.45) is -0.443. The van der Waals surface area contributed by atoms with E-state index < -0.39 is 11.7 Å². The monoisotopic (exact) mass is 260 g/mol. The molecule has 1 atom stereocenters. The van der Waals surface area contributed by atoms with Crippen LogP contribution < -0.4 is 5.32 Å². The SMILES string of the molecule is Cc1cc([C@H](C)NC(=O)OC(C)(C)C)ccc1C#N. The molecule has 0 heterocycles. The lowest BCUT2D eigenvalue weighted by molar-refractivity contribution is 0.0508. The molecule has 0 aliphatic heterocycles. The van der Waals surface area contributed by atoms with E-state index in [-0.39, 0.29) is 6.04 Å². The van der Waals surface area contributed by atoms with Crippen LogP contribution in [0.5, 0.6) is 0 Å². The third-order valence-corrected chi connectivity index (χ3v) is 2.60. The zero-order valence-corrected chi connectivity index (χ0v) is 12.1. The van der Waals surface area contributed by atoms with Crippen molar-refractivity contribution in [3.8, 4) is 6.07 Å². The minimum absolute atomic E-state index is 0.165. The van der Waals surface area contributed by atoms with Gasteiger partial charge in [-0.2, -0.15) is 5.26 Å². The largest absolute Gasteiger partial charge is 0.444 e. The molecule has 0 fully saturated rings. The number of nitrogens with zero attached hydrogens (tertiary/aromatic N) is 1. The minimum Gasteiger partial charge on any atom is -0.444 e. The van der Waals surface area contributed by atoms with Crippen LogP contribution in [-0.2, 0) is 4.74 Å². The molecule has 0 unspecified atom stereocenters. The number of carbonyl (C=O) groups is 1. The summed E-state index contributed by atoms with van der Waals surface area (Å²) < 4.78 is 5.20. The molecule has 0 saturated heterocycles. The van der Waals surface area contributed by atoms with Gasteiger partial charge in [0.15, 0.2) is 0 Å². The van der Waals surface area contributed by atoms with E-state index in [9.17, 15) is 4.79 Å². The summed E-state index contributed by atoms with van der Waals surface area (Å²) in [5.41, 5.74) is 1.98. The molecule has 4 heteroatoms. The molecule has 0 aliphatic carbocycles. The third kappa shape index (κ3) is 4.63. The summed E-state index contributed by atoms with van der Waals surface area (Å²) in [4.78, 5) is 11.7. The molecule has 4 nitrogen and oxygen atoms in total. The second-order valence-corrected chi connectivity index (χ2v) is 5.55. The maximum absolute atomic E-state index is 11.7. The first-order valence-corrected chi connectivity index (χ1v) is 6.23. The molecule has 19 heavy (non-hydrogen) atoms. The van der Waals surface area contributed by atoms with Crippen LogP contribution in [0.3, 0.4) is 0 Å². The first-order valence-electron chi connectivity index (χ1n) is 6.23. The van der Waals surface area contributed by atoms with Crippen molar-refractivity contribution in [3.05, 3.63) is 34.9 Å². The second kappa shape index (κ2) is 5.75. The number of rotatable bonds is 2. The van der Waals surface area contributed by atoms with E-state index in [1.807, 2.05) is 46.8 Å². The number of nitriles is 1. The Bertz CT molecular complexity index is 510. The highest BCUT2D eigenvalue weighted by atomic mass is 16.6. The van der Waals surface area contributed by atoms with Gasteiger partial charge in [0.25, 0.3) is 0 Å². The Hall–Kier alpha value is -2.02. The standard InChI is InChI=1S/C15H20N2O2/c1-10-8-12(6-7-13(10)9-16)11(2)17-14(18)19-15(3,4)5/h6-8,11H,1-5H3,(H,17,18)/t11-/m0/s1. The molecule has 0 spiro atoms. The number of hydrogen-bond acceptors (Lipinski definition) is 3. The summed E-state index contributed by atoms with van der Waals surface area (Å²) in [7, 11) is 0. The van der Waals surface area contributed by atoms with Crippen LogP contribution in [0.1, 0.15) is 50.4 Å². The zero-order valence-electron chi connectivity index (χ0n) is 12.1. The van der Waals surface area contributed by atoms with Crippen LogP contribution in [0.25, 0.3) is 0 Å². The minimum atomic E-state index is -0.510. The van der Waals surface area contributed by atoms with Crippen molar-refractivity contribution in [2.24, 2.45) is 0 Å². The van der Waals surface area contributed by atoms with Crippen molar-refractivity contribution in [1.29, 1.82) is 5.26 Å². The van der Waals surface area contributed by atoms with Crippen LogP contribution in [-0.4, -0.2) is 11.7 Å². The molecule has 1 aromatic carbocycles. The lowest BCUT2D eigenvalue weighted by Crippen LogP contribution is -2.34. The topological polar surface area (TPSA) is 62.1 Å². The molecule has 1 N–H and O–H groups in total. The van der Waals surface area contributed by atoms with Gasteiger partial charge in [-0.15, -0.1) is 0 Å². The molecular formula is C15H20N2O2. The fourth-order valence-corrected chi connectivity index (χ4v) is 1.65. The first-order chi connectivity index (χ1) is 8.73. The molecule has 0 aromatic heterocycles. The number of benzene rings is 1. The Balaban J connectivity index is 2.74. The molecule has 1 amide bonds. The maximum Gasteiger partial charge on any atom is 0.408 e. The van der Waals surface area contributed by atoms with Crippen LogP contribution in [0, 0.1) is 18.3 Å². The van der Waals surface area contributed by atoms with E-state index in [0.717, 1.165) is 11.1 Å². The highest BCUT2D eigenvalue weighted by Crippen LogP contribution is 2.17. The fraction of sp³-hybridized carbons (Fsp3) is 0.467. The van der Waals surface area contributed by atoms with Crippen LogP contribution in [0.2, 0.25) is 0 Å². The molecule has 1 rings (SSSR count). The van der Waals surface area contributed by atoms with Crippen LogP contribution in [0.4, 0.5) is 4.79 Å². The lowest BCUT2D eigenvalue weighted by atomic mass is 10.0. The van der Waals surface area contributed by atoms with Crippen molar-refractivity contribution < 1.29 is 9.53 Å². The van der Waals surface area contributed by atoms with Gasteiger partial charge in [-0.3, -0.25) is 0 Å². The average Bonchev–Trinajstić information content (AvgIpc) is 2.26. The molecule has 1 aromatic rings. The third-order valence-electron chi connectivity index (χ3n) is 2.60. The van der Waals surface area contributed by atoms with Gasteiger partial charge >= 0.3 is 6.09 Å². The van der Waals surface area contributed by atoms with Crippen molar-refractivity contribution >= 4 is 6.09 Å². The number of alkyl carbamates (subject to hydrolysis) is 1. The molecule has 0 aliphatic rings. The summed E-state index contributed by atoms with van der Waals surface area (Å²) >= 11 is 0. The Kier molecular flexibility index (Phi) is 4.55. The summed E-state index contributed by atoms with van der Waals surface area (Å²) in [6.45, 7) is 9.22. The summed E-state index contributed by atoms with van der Waals surface area (Å²) in [5.74, 6) is 0. The Labute approximate surface area is 114 Å². The molecule has 0 radical (unpaired) electrons. The van der Waals surface area contributed by atoms with Gasteiger partial charge in [0.1, 0.15) is 5.60 Å². The molecular weight excluding hydrogens is 240 g/mol. The summed E-state index contributed by atoms with van der Waals surface area (Å²) in [5, 5.41) is 11.7. The number of amides is 1. The zero-order chi connectivity index (χ0) is 14.6. The van der Waals surface area contributed by atoms with Gasteiger partial charge in [0.05, 0.1) is 17.7 Å². The predicted octanol–water partition coefficient (Wildman–Crippen LogP) is 3.45. The van der Waals surface area contributed by atoms with Crippen LogP contribution >= 0.6 is 0 Å². The quantitative estimate of drug-likeness (QED) is 0.885. The Morgan fingerprint density at radius 3 is 2.53 bits per heavy atom. The number of hydrogen-bond donors (Lipinski definition) is 1. The van der Waals surface area contributed by atoms with Crippen molar-refractivity contribution in [2.75, 3.05) is 0 Å². The fourth-order valence-electron chi connectivity index (χ4n) is 1.65. The normalized spacial score (nSPS) is 12.4. The highest BCUT2D eigenvalue weighted by Gasteiger charge is 2.18. The van der Waals surface area contributed by atoms with Gasteiger partial charge in [0, 0.05) is 0 Å². The Morgan fingerprint density at radius 2 is 2.05 bits per heavy atom. The van der Waals surface area contributed by atoms with Gasteiger partial charge in [0.2, 0.25) is 0 Å². The van der Waals surface area contributed by atoms with Gasteiger partial charge in [-0.05, 0) is 51.8 Å². The van der Waals surface area contributed by atoms with Crippen molar-refractivity contribution in [2.45, 2.75) is 46.3 Å². The van der Waals surface area contributed by atoms with Gasteiger partial charge < -0.3 is 10.1 Å². The first kappa shape index (κ1) is 15.0. The molecule has 0 saturated carbocycles. The van der Waals surface area contributed by atoms with Crippen molar-refractivity contribution in [1.82, 2.24) is 5.32 Å². The average molecular weight is 260 g/mol. The molecule has 0 bridgehead atoms. The second-order valence-electron chi connectivity index (χ2n) is 5.55.